The largest absolute Gasteiger partial charge is 0.451 e. The number of hydrogen-bond acceptors (Lipinski definition) is 7. The lowest BCUT2D eigenvalue weighted by atomic mass is 9.85. The lowest BCUT2D eigenvalue weighted by Crippen LogP contribution is -2.54. The van der Waals surface area contributed by atoms with Crippen LogP contribution in [0.1, 0.15) is 58.1 Å². The SMILES string of the molecule is CC(C)(C)OC(=O)N1CCN(C(=O)C2CCC(NS(=O)(=O)c3ccc(-c4cocn4)cc3)CC2)[C@@H](c2ccccc2)C1. The number of benzene rings is 2. The summed E-state index contributed by atoms with van der Waals surface area (Å²) in [6, 6.07) is 15.7. The molecule has 2 aliphatic rings. The summed E-state index contributed by atoms with van der Waals surface area (Å²) in [4.78, 5) is 34.5. The molecule has 11 heteroatoms. The molecule has 1 aromatic heterocycles. The number of nitrogens with zero attached hydrogens (tertiary/aromatic N) is 3. The average Bonchev–Trinajstić information content (AvgIpc) is 3.52. The highest BCUT2D eigenvalue weighted by Gasteiger charge is 2.39. The van der Waals surface area contributed by atoms with E-state index >= 15 is 0 Å². The van der Waals surface area contributed by atoms with Crippen LogP contribution in [0.4, 0.5) is 4.79 Å². The molecular weight excluding hydrogens is 556 g/mol. The number of amides is 2. The van der Waals surface area contributed by atoms with Crippen molar-refractivity contribution in [1.29, 1.82) is 0 Å². The third-order valence-corrected chi connectivity index (χ3v) is 9.33. The van der Waals surface area contributed by atoms with Gasteiger partial charge in [0, 0.05) is 37.2 Å². The van der Waals surface area contributed by atoms with E-state index < -0.39 is 15.6 Å². The number of ether oxygens (including phenoxy) is 1. The smallest absolute Gasteiger partial charge is 0.410 e. The maximum atomic E-state index is 13.8. The van der Waals surface area contributed by atoms with Crippen molar-refractivity contribution in [1.82, 2.24) is 19.5 Å². The summed E-state index contributed by atoms with van der Waals surface area (Å²) in [5, 5.41) is 0. The Balaban J connectivity index is 1.20. The van der Waals surface area contributed by atoms with Crippen LogP contribution < -0.4 is 4.72 Å². The van der Waals surface area contributed by atoms with Gasteiger partial charge in [-0.3, -0.25) is 4.79 Å². The Morgan fingerprint density at radius 2 is 1.67 bits per heavy atom. The number of carbonyl (C=O) groups excluding carboxylic acids is 2. The van der Waals surface area contributed by atoms with E-state index in [4.69, 9.17) is 9.15 Å². The van der Waals surface area contributed by atoms with Crippen LogP contribution in [0.25, 0.3) is 11.3 Å². The van der Waals surface area contributed by atoms with Crippen molar-refractivity contribution < 1.29 is 27.2 Å². The molecule has 10 nitrogen and oxygen atoms in total. The van der Waals surface area contributed by atoms with Gasteiger partial charge in [-0.2, -0.15) is 0 Å². The number of carbonyl (C=O) groups is 2. The van der Waals surface area contributed by atoms with Crippen molar-refractivity contribution in [2.45, 2.75) is 69.0 Å². The van der Waals surface area contributed by atoms with Crippen LogP contribution in [0, 0.1) is 5.92 Å². The van der Waals surface area contributed by atoms with E-state index in [1.807, 2.05) is 56.0 Å². The summed E-state index contributed by atoms with van der Waals surface area (Å²) in [5.41, 5.74) is 1.77. The second-order valence-corrected chi connectivity index (χ2v) is 13.7. The molecule has 0 radical (unpaired) electrons. The molecule has 0 bridgehead atoms. The monoisotopic (exact) mass is 594 g/mol. The number of rotatable bonds is 6. The molecule has 3 aromatic rings. The van der Waals surface area contributed by atoms with Gasteiger partial charge in [0.15, 0.2) is 6.39 Å². The van der Waals surface area contributed by atoms with Gasteiger partial charge >= 0.3 is 6.09 Å². The van der Waals surface area contributed by atoms with E-state index in [2.05, 4.69) is 9.71 Å². The van der Waals surface area contributed by atoms with Crippen LogP contribution in [-0.4, -0.2) is 66.5 Å². The fraction of sp³-hybridized carbons (Fsp3) is 0.452. The number of sulfonamides is 1. The van der Waals surface area contributed by atoms with Gasteiger partial charge in [-0.05, 0) is 64.2 Å². The quantitative estimate of drug-likeness (QED) is 0.426. The van der Waals surface area contributed by atoms with Gasteiger partial charge in [0.05, 0.1) is 10.9 Å². The van der Waals surface area contributed by atoms with E-state index in [-0.39, 0.29) is 34.9 Å². The van der Waals surface area contributed by atoms with Crippen LogP contribution in [0.3, 0.4) is 0 Å². The van der Waals surface area contributed by atoms with Crippen molar-refractivity contribution in [3.63, 3.8) is 0 Å². The van der Waals surface area contributed by atoms with Gasteiger partial charge in [0.2, 0.25) is 15.9 Å². The average molecular weight is 595 g/mol. The Hall–Kier alpha value is -3.70. The highest BCUT2D eigenvalue weighted by Crippen LogP contribution is 2.33. The lowest BCUT2D eigenvalue weighted by molar-refractivity contribution is -0.142. The van der Waals surface area contributed by atoms with Crippen LogP contribution >= 0.6 is 0 Å². The number of piperazine rings is 1. The summed E-state index contributed by atoms with van der Waals surface area (Å²) in [5.74, 6) is -0.149. The second kappa shape index (κ2) is 12.3. The molecule has 1 N–H and O–H groups in total. The Labute approximate surface area is 247 Å². The maximum absolute atomic E-state index is 13.8. The highest BCUT2D eigenvalue weighted by atomic mass is 32.2. The molecule has 1 saturated carbocycles. The molecule has 1 aliphatic heterocycles. The Morgan fingerprint density at radius 1 is 0.976 bits per heavy atom. The first-order valence-electron chi connectivity index (χ1n) is 14.3. The summed E-state index contributed by atoms with van der Waals surface area (Å²) in [7, 11) is -3.71. The second-order valence-electron chi connectivity index (χ2n) is 12.0. The minimum absolute atomic E-state index is 0.0532. The number of hydrogen-bond donors (Lipinski definition) is 1. The normalized spacial score (nSPS) is 21.6. The fourth-order valence-corrected chi connectivity index (χ4v) is 6.94. The Kier molecular flexibility index (Phi) is 8.70. The lowest BCUT2D eigenvalue weighted by Gasteiger charge is -2.43. The van der Waals surface area contributed by atoms with Crippen LogP contribution in [0.15, 0.2) is 76.6 Å². The number of oxazole rings is 1. The molecule has 1 saturated heterocycles. The zero-order chi connectivity index (χ0) is 29.9. The first-order valence-corrected chi connectivity index (χ1v) is 15.8. The van der Waals surface area contributed by atoms with Gasteiger partial charge in [-0.15, -0.1) is 0 Å². The molecule has 2 amide bonds. The molecular formula is C31H38N4O6S. The van der Waals surface area contributed by atoms with Crippen molar-refractivity contribution in [2.24, 2.45) is 5.92 Å². The topological polar surface area (TPSA) is 122 Å². The Morgan fingerprint density at radius 3 is 2.29 bits per heavy atom. The molecule has 1 atom stereocenters. The minimum atomic E-state index is -3.71. The van der Waals surface area contributed by atoms with E-state index in [9.17, 15) is 18.0 Å². The predicted molar refractivity (Wildman–Crippen MR) is 157 cm³/mol. The zero-order valence-corrected chi connectivity index (χ0v) is 25.0. The minimum Gasteiger partial charge on any atom is -0.451 e. The highest BCUT2D eigenvalue weighted by molar-refractivity contribution is 7.89. The predicted octanol–water partition coefficient (Wildman–Crippen LogP) is 5.00. The van der Waals surface area contributed by atoms with Gasteiger partial charge in [-0.25, -0.2) is 22.9 Å². The standard InChI is InChI=1S/C31H38N4O6S/c1-31(2,3)41-30(37)34-17-18-35(28(19-34)23-7-5-4-6-8-23)29(36)24-9-13-25(14-10-24)33-42(38,39)26-15-11-22(12-16-26)27-20-40-21-32-27/h4-8,11-12,15-16,20-21,24-25,28,33H,9-10,13-14,17-19H2,1-3H3/t24?,25?,28-/m1/s1. The van der Waals surface area contributed by atoms with Crippen molar-refractivity contribution in [2.75, 3.05) is 19.6 Å². The summed E-state index contributed by atoms with van der Waals surface area (Å²) in [6.07, 6.45) is 4.77. The number of nitrogens with one attached hydrogen (secondary N) is 1. The maximum Gasteiger partial charge on any atom is 0.410 e. The van der Waals surface area contributed by atoms with E-state index in [0.29, 0.717) is 51.0 Å². The van der Waals surface area contributed by atoms with Crippen molar-refractivity contribution >= 4 is 22.0 Å². The third kappa shape index (κ3) is 7.01. The third-order valence-electron chi connectivity index (χ3n) is 7.79. The van der Waals surface area contributed by atoms with Crippen molar-refractivity contribution in [3.05, 3.63) is 72.8 Å². The molecule has 224 valence electrons. The van der Waals surface area contributed by atoms with Crippen molar-refractivity contribution in [3.8, 4) is 11.3 Å². The summed E-state index contributed by atoms with van der Waals surface area (Å²) < 4.78 is 39.6. The van der Waals surface area contributed by atoms with E-state index in [0.717, 1.165) is 11.1 Å². The fourth-order valence-electron chi connectivity index (χ4n) is 5.64. The molecule has 0 spiro atoms. The van der Waals surface area contributed by atoms with E-state index in [1.54, 1.807) is 29.2 Å². The molecule has 2 aromatic carbocycles. The van der Waals surface area contributed by atoms with Gasteiger partial charge < -0.3 is 19.0 Å². The van der Waals surface area contributed by atoms with Gasteiger partial charge in [0.25, 0.3) is 0 Å². The molecule has 1 aliphatic carbocycles. The summed E-state index contributed by atoms with van der Waals surface area (Å²) >= 11 is 0. The first kappa shape index (κ1) is 29.8. The molecule has 5 rings (SSSR count). The molecule has 2 heterocycles. The van der Waals surface area contributed by atoms with Gasteiger partial charge in [-0.1, -0.05) is 42.5 Å². The first-order chi connectivity index (χ1) is 20.0. The molecule has 42 heavy (non-hydrogen) atoms. The zero-order valence-electron chi connectivity index (χ0n) is 24.2. The van der Waals surface area contributed by atoms with E-state index in [1.165, 1.54) is 12.7 Å². The van der Waals surface area contributed by atoms with Gasteiger partial charge in [0.1, 0.15) is 17.6 Å². The van der Waals surface area contributed by atoms with Crippen LogP contribution in [0.5, 0.6) is 0 Å². The Bertz CT molecular complexity index is 1460. The number of aromatic nitrogens is 1. The van der Waals surface area contributed by atoms with Crippen LogP contribution in [0.2, 0.25) is 0 Å². The molecule has 0 unspecified atom stereocenters. The summed E-state index contributed by atoms with van der Waals surface area (Å²) in [6.45, 7) is 6.68. The molecule has 2 fully saturated rings. The van der Waals surface area contributed by atoms with Crippen LogP contribution in [-0.2, 0) is 19.6 Å².